The molecule has 0 aromatic carbocycles. The van der Waals surface area contributed by atoms with Gasteiger partial charge < -0.3 is 0 Å². The number of hydrogen-bond donors (Lipinski definition) is 0. The maximum absolute atomic E-state index is 2.66. The quantitative estimate of drug-likeness (QED) is 0.614. The highest BCUT2D eigenvalue weighted by atomic mass is 15.2. The van der Waals surface area contributed by atoms with Gasteiger partial charge in [0.05, 0.1) is 0 Å². The molecule has 12 heavy (non-hydrogen) atoms. The van der Waals surface area contributed by atoms with E-state index in [9.17, 15) is 0 Å². The topological polar surface area (TPSA) is 3.24 Å². The maximum atomic E-state index is 2.66. The lowest BCUT2D eigenvalue weighted by Gasteiger charge is -2.48. The molecule has 0 atom stereocenters. The van der Waals surface area contributed by atoms with Gasteiger partial charge in [-0.3, -0.25) is 4.90 Å². The predicted octanol–water partition coefficient (Wildman–Crippen LogP) is 3.05. The van der Waals surface area contributed by atoms with Crippen molar-refractivity contribution in [3.05, 3.63) is 0 Å². The van der Waals surface area contributed by atoms with Gasteiger partial charge in [-0.05, 0) is 47.5 Å². The zero-order valence-electron chi connectivity index (χ0n) is 9.22. The SMILES string of the molecule is CC(C)N(C1CCC1)C(C)(C)C. The molecule has 0 N–H and O–H groups in total. The monoisotopic (exact) mass is 169 g/mol. The Kier molecular flexibility index (Phi) is 2.82. The summed E-state index contributed by atoms with van der Waals surface area (Å²) in [4.78, 5) is 2.66. The van der Waals surface area contributed by atoms with Crippen LogP contribution in [0, 0.1) is 0 Å². The average molecular weight is 169 g/mol. The minimum absolute atomic E-state index is 0.346. The van der Waals surface area contributed by atoms with Crippen molar-refractivity contribution in [1.29, 1.82) is 0 Å². The third kappa shape index (κ3) is 2.01. The summed E-state index contributed by atoms with van der Waals surface area (Å²) in [6.45, 7) is 11.6. The van der Waals surface area contributed by atoms with Crippen molar-refractivity contribution in [2.75, 3.05) is 0 Å². The van der Waals surface area contributed by atoms with E-state index in [1.807, 2.05) is 0 Å². The molecule has 1 rings (SSSR count). The molecule has 1 nitrogen and oxygen atoms in total. The molecule has 1 aliphatic carbocycles. The Morgan fingerprint density at radius 2 is 1.67 bits per heavy atom. The van der Waals surface area contributed by atoms with Gasteiger partial charge in [0, 0.05) is 17.6 Å². The summed E-state index contributed by atoms with van der Waals surface area (Å²) in [7, 11) is 0. The van der Waals surface area contributed by atoms with Crippen LogP contribution >= 0.6 is 0 Å². The molecule has 0 aliphatic heterocycles. The Labute approximate surface area is 77.1 Å². The molecule has 0 unspecified atom stereocenters. The molecule has 1 aliphatic rings. The van der Waals surface area contributed by atoms with Gasteiger partial charge in [-0.15, -0.1) is 0 Å². The van der Waals surface area contributed by atoms with Crippen LogP contribution in [0.2, 0.25) is 0 Å². The van der Waals surface area contributed by atoms with Crippen molar-refractivity contribution in [2.45, 2.75) is 71.5 Å². The number of nitrogens with zero attached hydrogens (tertiary/aromatic N) is 1. The molecular weight excluding hydrogens is 146 g/mol. The largest absolute Gasteiger partial charge is 0.293 e. The van der Waals surface area contributed by atoms with Crippen molar-refractivity contribution in [2.24, 2.45) is 0 Å². The van der Waals surface area contributed by atoms with Gasteiger partial charge in [-0.25, -0.2) is 0 Å². The zero-order valence-corrected chi connectivity index (χ0v) is 9.22. The smallest absolute Gasteiger partial charge is 0.0130 e. The van der Waals surface area contributed by atoms with Crippen LogP contribution in [0.25, 0.3) is 0 Å². The average Bonchev–Trinajstić information content (AvgIpc) is 1.73. The summed E-state index contributed by atoms with van der Waals surface area (Å²) in [5, 5.41) is 0. The molecule has 0 bridgehead atoms. The fourth-order valence-electron chi connectivity index (χ4n) is 2.41. The number of rotatable bonds is 2. The Morgan fingerprint density at radius 3 is 1.75 bits per heavy atom. The van der Waals surface area contributed by atoms with E-state index < -0.39 is 0 Å². The summed E-state index contributed by atoms with van der Waals surface area (Å²) < 4.78 is 0. The second-order valence-electron chi connectivity index (χ2n) is 5.26. The van der Waals surface area contributed by atoms with Crippen LogP contribution in [-0.2, 0) is 0 Å². The molecule has 1 fully saturated rings. The first-order valence-corrected chi connectivity index (χ1v) is 5.21. The second kappa shape index (κ2) is 3.37. The highest BCUT2D eigenvalue weighted by molar-refractivity contribution is 4.89. The lowest BCUT2D eigenvalue weighted by molar-refractivity contribution is 0.0112. The molecule has 0 amide bonds. The Balaban J connectivity index is 2.60. The lowest BCUT2D eigenvalue weighted by Crippen LogP contribution is -2.54. The van der Waals surface area contributed by atoms with Crippen molar-refractivity contribution >= 4 is 0 Å². The summed E-state index contributed by atoms with van der Waals surface area (Å²) >= 11 is 0. The highest BCUT2D eigenvalue weighted by Crippen LogP contribution is 2.32. The van der Waals surface area contributed by atoms with Gasteiger partial charge in [0.15, 0.2) is 0 Å². The van der Waals surface area contributed by atoms with E-state index in [1.165, 1.54) is 19.3 Å². The predicted molar refractivity (Wildman–Crippen MR) is 54.4 cm³/mol. The van der Waals surface area contributed by atoms with Crippen LogP contribution in [0.4, 0.5) is 0 Å². The summed E-state index contributed by atoms with van der Waals surface area (Å²) in [5.41, 5.74) is 0.346. The van der Waals surface area contributed by atoms with Crippen molar-refractivity contribution in [3.63, 3.8) is 0 Å². The molecular formula is C11H23N. The molecule has 0 radical (unpaired) electrons. The third-order valence-corrected chi connectivity index (χ3v) is 2.80. The minimum atomic E-state index is 0.346. The molecule has 72 valence electrons. The van der Waals surface area contributed by atoms with Crippen LogP contribution in [0.3, 0.4) is 0 Å². The van der Waals surface area contributed by atoms with Gasteiger partial charge in [-0.1, -0.05) is 6.42 Å². The third-order valence-electron chi connectivity index (χ3n) is 2.80. The molecule has 0 aromatic heterocycles. The van der Waals surface area contributed by atoms with Gasteiger partial charge in [0.2, 0.25) is 0 Å². The maximum Gasteiger partial charge on any atom is 0.0130 e. The summed E-state index contributed by atoms with van der Waals surface area (Å²) in [6, 6.07) is 1.56. The molecule has 0 aromatic rings. The molecule has 0 heterocycles. The van der Waals surface area contributed by atoms with E-state index >= 15 is 0 Å². The molecule has 1 heteroatoms. The summed E-state index contributed by atoms with van der Waals surface area (Å²) in [6.07, 6.45) is 4.26. The van der Waals surface area contributed by atoms with E-state index in [-0.39, 0.29) is 0 Å². The van der Waals surface area contributed by atoms with E-state index in [2.05, 4.69) is 39.5 Å². The highest BCUT2D eigenvalue weighted by Gasteiger charge is 2.33. The van der Waals surface area contributed by atoms with E-state index in [0.717, 1.165) is 6.04 Å². The van der Waals surface area contributed by atoms with Crippen molar-refractivity contribution < 1.29 is 0 Å². The Morgan fingerprint density at radius 1 is 1.17 bits per heavy atom. The van der Waals surface area contributed by atoms with E-state index in [0.29, 0.717) is 11.6 Å². The van der Waals surface area contributed by atoms with E-state index in [1.54, 1.807) is 0 Å². The standard InChI is InChI=1S/C11H23N/c1-9(2)12(11(3,4)5)10-7-6-8-10/h9-10H,6-8H2,1-5H3. The molecule has 0 saturated heterocycles. The van der Waals surface area contributed by atoms with Crippen LogP contribution in [0.15, 0.2) is 0 Å². The van der Waals surface area contributed by atoms with Crippen LogP contribution in [0.5, 0.6) is 0 Å². The van der Waals surface area contributed by atoms with Gasteiger partial charge in [-0.2, -0.15) is 0 Å². The van der Waals surface area contributed by atoms with Gasteiger partial charge in [0.25, 0.3) is 0 Å². The lowest BCUT2D eigenvalue weighted by atomic mass is 9.86. The Hall–Kier alpha value is -0.0400. The van der Waals surface area contributed by atoms with Crippen LogP contribution < -0.4 is 0 Å². The van der Waals surface area contributed by atoms with Crippen LogP contribution in [-0.4, -0.2) is 22.5 Å². The summed E-state index contributed by atoms with van der Waals surface area (Å²) in [5.74, 6) is 0. The Bertz CT molecular complexity index is 140. The first-order chi connectivity index (χ1) is 5.43. The van der Waals surface area contributed by atoms with Gasteiger partial charge >= 0.3 is 0 Å². The first-order valence-electron chi connectivity index (χ1n) is 5.21. The number of hydrogen-bond acceptors (Lipinski definition) is 1. The molecule has 1 saturated carbocycles. The first kappa shape index (κ1) is 10.0. The second-order valence-corrected chi connectivity index (χ2v) is 5.26. The van der Waals surface area contributed by atoms with Crippen molar-refractivity contribution in [3.8, 4) is 0 Å². The molecule has 0 spiro atoms. The van der Waals surface area contributed by atoms with Crippen molar-refractivity contribution in [1.82, 2.24) is 4.90 Å². The zero-order chi connectivity index (χ0) is 9.35. The normalized spacial score (nSPS) is 20.2. The fourth-order valence-corrected chi connectivity index (χ4v) is 2.41. The fraction of sp³-hybridized carbons (Fsp3) is 1.00. The minimum Gasteiger partial charge on any atom is -0.293 e. The van der Waals surface area contributed by atoms with E-state index in [4.69, 9.17) is 0 Å². The van der Waals surface area contributed by atoms with Gasteiger partial charge in [0.1, 0.15) is 0 Å². The van der Waals surface area contributed by atoms with Crippen LogP contribution in [0.1, 0.15) is 53.9 Å².